The standard InChI is InChI=1S/C17H26N4O3/c1-13-18-19-15(24-13)7-8-16(22)20-9-11-21(12-10-20)17(23)14-5-3-2-4-6-14/h14H,2-12H2,1H3. The van der Waals surface area contributed by atoms with Gasteiger partial charge >= 0.3 is 0 Å². The van der Waals surface area contributed by atoms with Crippen molar-refractivity contribution in [2.75, 3.05) is 26.2 Å². The van der Waals surface area contributed by atoms with Crippen molar-refractivity contribution >= 4 is 11.8 Å². The van der Waals surface area contributed by atoms with Crippen molar-refractivity contribution < 1.29 is 14.0 Å². The summed E-state index contributed by atoms with van der Waals surface area (Å²) in [5, 5.41) is 7.67. The Bertz CT molecular complexity index is 572. The summed E-state index contributed by atoms with van der Waals surface area (Å²) in [4.78, 5) is 28.6. The maximum absolute atomic E-state index is 12.5. The zero-order chi connectivity index (χ0) is 16.9. The predicted octanol–water partition coefficient (Wildman–Crippen LogP) is 1.56. The Kier molecular flexibility index (Phi) is 5.48. The lowest BCUT2D eigenvalue weighted by atomic mass is 9.88. The number of piperazine rings is 1. The summed E-state index contributed by atoms with van der Waals surface area (Å²) in [5.41, 5.74) is 0. The van der Waals surface area contributed by atoms with Crippen LogP contribution in [0, 0.1) is 12.8 Å². The lowest BCUT2D eigenvalue weighted by Crippen LogP contribution is -2.52. The molecule has 0 aromatic carbocycles. The van der Waals surface area contributed by atoms with E-state index in [4.69, 9.17) is 4.42 Å². The fraction of sp³-hybridized carbons (Fsp3) is 0.765. The highest BCUT2D eigenvalue weighted by Gasteiger charge is 2.29. The highest BCUT2D eigenvalue weighted by Crippen LogP contribution is 2.25. The van der Waals surface area contributed by atoms with E-state index in [2.05, 4.69) is 10.2 Å². The fourth-order valence-corrected chi connectivity index (χ4v) is 3.59. The van der Waals surface area contributed by atoms with Gasteiger partial charge in [-0.2, -0.15) is 0 Å². The summed E-state index contributed by atoms with van der Waals surface area (Å²) in [6, 6.07) is 0. The smallest absolute Gasteiger partial charge is 0.225 e. The second kappa shape index (κ2) is 7.77. The minimum atomic E-state index is 0.0932. The van der Waals surface area contributed by atoms with Crippen LogP contribution in [0.5, 0.6) is 0 Å². The molecule has 7 heteroatoms. The molecule has 1 saturated heterocycles. The van der Waals surface area contributed by atoms with Gasteiger partial charge in [-0.15, -0.1) is 10.2 Å². The summed E-state index contributed by atoms with van der Waals surface area (Å²) >= 11 is 0. The van der Waals surface area contributed by atoms with E-state index < -0.39 is 0 Å². The summed E-state index contributed by atoms with van der Waals surface area (Å²) in [7, 11) is 0. The maximum atomic E-state index is 12.5. The van der Waals surface area contributed by atoms with Gasteiger partial charge in [0.05, 0.1) is 0 Å². The molecule has 1 aliphatic carbocycles. The van der Waals surface area contributed by atoms with Crippen LogP contribution in [0.3, 0.4) is 0 Å². The first-order valence-corrected chi connectivity index (χ1v) is 8.99. The Labute approximate surface area is 142 Å². The third-order valence-corrected chi connectivity index (χ3v) is 5.02. The molecule has 2 amide bonds. The molecular weight excluding hydrogens is 308 g/mol. The van der Waals surface area contributed by atoms with Crippen LogP contribution in [0.4, 0.5) is 0 Å². The molecule has 1 aromatic heterocycles. The molecule has 7 nitrogen and oxygen atoms in total. The number of hydrogen-bond donors (Lipinski definition) is 0. The molecule has 0 unspecified atom stereocenters. The SMILES string of the molecule is Cc1nnc(CCC(=O)N2CCN(C(=O)C3CCCCC3)CC2)o1. The normalized spacial score (nSPS) is 19.5. The molecule has 1 aromatic rings. The van der Waals surface area contributed by atoms with Gasteiger partial charge in [-0.05, 0) is 12.8 Å². The molecule has 0 atom stereocenters. The van der Waals surface area contributed by atoms with E-state index in [-0.39, 0.29) is 11.8 Å². The summed E-state index contributed by atoms with van der Waals surface area (Å²) in [6.45, 7) is 4.29. The Morgan fingerprint density at radius 1 is 1.04 bits per heavy atom. The van der Waals surface area contributed by atoms with Gasteiger partial charge in [0, 0.05) is 51.9 Å². The van der Waals surface area contributed by atoms with Gasteiger partial charge < -0.3 is 14.2 Å². The lowest BCUT2D eigenvalue weighted by molar-refractivity contribution is -0.142. The molecule has 2 heterocycles. The minimum absolute atomic E-state index is 0.0932. The second-order valence-corrected chi connectivity index (χ2v) is 6.76. The summed E-state index contributed by atoms with van der Waals surface area (Å²) in [6.07, 6.45) is 6.50. The molecular formula is C17H26N4O3. The van der Waals surface area contributed by atoms with Gasteiger partial charge in [0.2, 0.25) is 23.6 Å². The van der Waals surface area contributed by atoms with Gasteiger partial charge in [0.25, 0.3) is 0 Å². The molecule has 1 aliphatic heterocycles. The number of rotatable bonds is 4. The number of nitrogens with zero attached hydrogens (tertiary/aromatic N) is 4. The van der Waals surface area contributed by atoms with Crippen molar-refractivity contribution in [3.05, 3.63) is 11.8 Å². The fourth-order valence-electron chi connectivity index (χ4n) is 3.59. The van der Waals surface area contributed by atoms with Gasteiger partial charge in [0.1, 0.15) is 0 Å². The Morgan fingerprint density at radius 2 is 1.71 bits per heavy atom. The van der Waals surface area contributed by atoms with Crippen molar-refractivity contribution in [1.82, 2.24) is 20.0 Å². The summed E-state index contributed by atoms with van der Waals surface area (Å²) < 4.78 is 5.29. The molecule has 132 valence electrons. The van der Waals surface area contributed by atoms with E-state index in [0.717, 1.165) is 12.8 Å². The minimum Gasteiger partial charge on any atom is -0.426 e. The molecule has 2 aliphatic rings. The lowest BCUT2D eigenvalue weighted by Gasteiger charge is -2.37. The van der Waals surface area contributed by atoms with Gasteiger partial charge in [-0.25, -0.2) is 0 Å². The predicted molar refractivity (Wildman–Crippen MR) is 87.1 cm³/mol. The molecule has 24 heavy (non-hydrogen) atoms. The molecule has 0 radical (unpaired) electrons. The van der Waals surface area contributed by atoms with E-state index in [1.165, 1.54) is 19.3 Å². The quantitative estimate of drug-likeness (QED) is 0.835. The zero-order valence-electron chi connectivity index (χ0n) is 14.4. The van der Waals surface area contributed by atoms with Gasteiger partial charge in [-0.3, -0.25) is 9.59 Å². The van der Waals surface area contributed by atoms with Crippen LogP contribution in [-0.2, 0) is 16.0 Å². The van der Waals surface area contributed by atoms with E-state index in [9.17, 15) is 9.59 Å². The molecule has 0 bridgehead atoms. The van der Waals surface area contributed by atoms with Crippen LogP contribution >= 0.6 is 0 Å². The molecule has 3 rings (SSSR count). The largest absolute Gasteiger partial charge is 0.426 e. The number of carbonyl (C=O) groups is 2. The number of carbonyl (C=O) groups excluding carboxylic acids is 2. The second-order valence-electron chi connectivity index (χ2n) is 6.76. The highest BCUT2D eigenvalue weighted by atomic mass is 16.4. The van der Waals surface area contributed by atoms with E-state index in [1.54, 1.807) is 6.92 Å². The Balaban J connectivity index is 1.42. The van der Waals surface area contributed by atoms with Crippen LogP contribution in [0.1, 0.15) is 50.3 Å². The zero-order valence-corrected chi connectivity index (χ0v) is 14.4. The Morgan fingerprint density at radius 3 is 2.33 bits per heavy atom. The van der Waals surface area contributed by atoms with Crippen LogP contribution < -0.4 is 0 Å². The average molecular weight is 334 g/mol. The van der Waals surface area contributed by atoms with Crippen LogP contribution in [0.2, 0.25) is 0 Å². The van der Waals surface area contributed by atoms with E-state index in [1.807, 2.05) is 9.80 Å². The van der Waals surface area contributed by atoms with Crippen LogP contribution in [0.15, 0.2) is 4.42 Å². The number of aryl methyl sites for hydroxylation is 2. The number of amides is 2. The van der Waals surface area contributed by atoms with Crippen molar-refractivity contribution in [2.24, 2.45) is 5.92 Å². The topological polar surface area (TPSA) is 79.5 Å². The third kappa shape index (κ3) is 4.13. The maximum Gasteiger partial charge on any atom is 0.225 e. The van der Waals surface area contributed by atoms with Crippen molar-refractivity contribution in [3.63, 3.8) is 0 Å². The molecule has 0 N–H and O–H groups in total. The van der Waals surface area contributed by atoms with Crippen LogP contribution in [0.25, 0.3) is 0 Å². The average Bonchev–Trinajstić information content (AvgIpc) is 3.05. The molecule has 2 fully saturated rings. The summed E-state index contributed by atoms with van der Waals surface area (Å²) in [5.74, 6) is 1.62. The van der Waals surface area contributed by atoms with Crippen molar-refractivity contribution in [3.8, 4) is 0 Å². The van der Waals surface area contributed by atoms with Gasteiger partial charge in [0.15, 0.2) is 0 Å². The van der Waals surface area contributed by atoms with Crippen molar-refractivity contribution in [2.45, 2.75) is 51.9 Å². The van der Waals surface area contributed by atoms with E-state index >= 15 is 0 Å². The third-order valence-electron chi connectivity index (χ3n) is 5.02. The van der Waals surface area contributed by atoms with Crippen molar-refractivity contribution in [1.29, 1.82) is 0 Å². The monoisotopic (exact) mass is 334 g/mol. The molecule has 1 saturated carbocycles. The number of aromatic nitrogens is 2. The van der Waals surface area contributed by atoms with Gasteiger partial charge in [-0.1, -0.05) is 19.3 Å². The van der Waals surface area contributed by atoms with Crippen LogP contribution in [-0.4, -0.2) is 58.0 Å². The first-order chi connectivity index (χ1) is 11.6. The highest BCUT2D eigenvalue weighted by molar-refractivity contribution is 5.80. The first kappa shape index (κ1) is 16.9. The van der Waals surface area contributed by atoms with E-state index in [0.29, 0.717) is 56.7 Å². The molecule has 0 spiro atoms. The Hall–Kier alpha value is -1.92. The number of hydrogen-bond acceptors (Lipinski definition) is 5. The first-order valence-electron chi connectivity index (χ1n) is 8.99.